The zero-order valence-electron chi connectivity index (χ0n) is 21.4. The van der Waals surface area contributed by atoms with Crippen molar-refractivity contribution < 1.29 is 14.6 Å². The van der Waals surface area contributed by atoms with Crippen LogP contribution in [-0.4, -0.2) is 26.4 Å². The van der Waals surface area contributed by atoms with E-state index in [1.807, 2.05) is 60.7 Å². The van der Waals surface area contributed by atoms with Gasteiger partial charge in [-0.15, -0.1) is 0 Å². The molecule has 39 heavy (non-hydrogen) atoms. The topological polar surface area (TPSA) is 119 Å². The van der Waals surface area contributed by atoms with E-state index in [4.69, 9.17) is 15.2 Å². The van der Waals surface area contributed by atoms with Gasteiger partial charge in [-0.05, 0) is 42.0 Å². The van der Waals surface area contributed by atoms with Crippen molar-refractivity contribution >= 4 is 0 Å². The Kier molecular flexibility index (Phi) is 7.64. The molecule has 0 amide bonds. The predicted molar refractivity (Wildman–Crippen MR) is 148 cm³/mol. The molecule has 3 N–H and O–H groups in total. The number of aliphatic hydroxyl groups is 1. The third kappa shape index (κ3) is 5.80. The molecule has 8 nitrogen and oxygen atoms in total. The van der Waals surface area contributed by atoms with Crippen molar-refractivity contribution in [1.82, 2.24) is 14.8 Å². The van der Waals surface area contributed by atoms with Gasteiger partial charge in [0, 0.05) is 42.5 Å². The van der Waals surface area contributed by atoms with E-state index in [1.54, 1.807) is 48.3 Å². The van der Waals surface area contributed by atoms with Crippen molar-refractivity contribution in [3.05, 3.63) is 114 Å². The third-order valence-electron chi connectivity index (χ3n) is 6.23. The zero-order chi connectivity index (χ0) is 27.2. The lowest BCUT2D eigenvalue weighted by Crippen LogP contribution is -2.11. The summed E-state index contributed by atoms with van der Waals surface area (Å²) in [6.07, 6.45) is 0.805. The first-order valence-electron chi connectivity index (χ1n) is 12.4. The number of pyridine rings is 1. The molecule has 2 heterocycles. The number of benzene rings is 3. The fraction of sp³-hybridized carbons (Fsp3) is 0.129. The van der Waals surface area contributed by atoms with Crippen LogP contribution in [0.15, 0.2) is 97.2 Å². The first-order valence-corrected chi connectivity index (χ1v) is 12.4. The molecule has 1 unspecified atom stereocenters. The maximum absolute atomic E-state index is 10.0. The van der Waals surface area contributed by atoms with Crippen molar-refractivity contribution in [2.45, 2.75) is 12.7 Å². The van der Waals surface area contributed by atoms with E-state index in [9.17, 15) is 10.4 Å². The molecule has 5 rings (SSSR count). The lowest BCUT2D eigenvalue weighted by atomic mass is 10.1. The molecule has 8 heteroatoms. The Bertz CT molecular complexity index is 1610. The fourth-order valence-electron chi connectivity index (χ4n) is 4.12. The Hall–Kier alpha value is -4.97. The molecule has 3 aromatic carbocycles. The average Bonchev–Trinajstić information content (AvgIpc) is 3.35. The Balaban J connectivity index is 1.44. The van der Waals surface area contributed by atoms with Crippen molar-refractivity contribution in [3.8, 4) is 46.0 Å². The molecule has 0 saturated carbocycles. The van der Waals surface area contributed by atoms with Crippen molar-refractivity contribution in [2.75, 3.05) is 6.54 Å². The van der Waals surface area contributed by atoms with E-state index in [2.05, 4.69) is 16.2 Å². The van der Waals surface area contributed by atoms with Crippen LogP contribution in [0.3, 0.4) is 0 Å². The number of nitrogens with zero attached hydrogens (tertiary/aromatic N) is 4. The molecular weight excluding hydrogens is 490 g/mol. The molecule has 5 aromatic rings. The van der Waals surface area contributed by atoms with E-state index in [0.29, 0.717) is 52.1 Å². The number of nitriles is 1. The molecule has 0 fully saturated rings. The van der Waals surface area contributed by atoms with Gasteiger partial charge in [0.05, 0.1) is 29.1 Å². The van der Waals surface area contributed by atoms with Gasteiger partial charge in [0.2, 0.25) is 5.88 Å². The molecular formula is C31H27N5O3. The maximum Gasteiger partial charge on any atom is 0.218 e. The average molecular weight is 518 g/mol. The summed E-state index contributed by atoms with van der Waals surface area (Å²) in [5.41, 5.74) is 10.6. The smallest absolute Gasteiger partial charge is 0.218 e. The van der Waals surface area contributed by atoms with Crippen LogP contribution in [0.1, 0.15) is 22.8 Å². The van der Waals surface area contributed by atoms with Gasteiger partial charge < -0.3 is 20.3 Å². The third-order valence-corrected chi connectivity index (χ3v) is 6.23. The Morgan fingerprint density at radius 1 is 0.923 bits per heavy atom. The summed E-state index contributed by atoms with van der Waals surface area (Å²) in [5.74, 6) is 1.65. The summed E-state index contributed by atoms with van der Waals surface area (Å²) in [5, 5.41) is 24.2. The second-order valence-corrected chi connectivity index (χ2v) is 8.91. The zero-order valence-corrected chi connectivity index (χ0v) is 21.4. The van der Waals surface area contributed by atoms with Crippen LogP contribution in [0.25, 0.3) is 22.5 Å². The maximum atomic E-state index is 10.0. The van der Waals surface area contributed by atoms with Crippen molar-refractivity contribution in [3.63, 3.8) is 0 Å². The van der Waals surface area contributed by atoms with Crippen LogP contribution < -0.4 is 15.2 Å². The second kappa shape index (κ2) is 11.6. The highest BCUT2D eigenvalue weighted by molar-refractivity contribution is 5.70. The van der Waals surface area contributed by atoms with E-state index < -0.39 is 6.10 Å². The highest BCUT2D eigenvalue weighted by Crippen LogP contribution is 2.36. The van der Waals surface area contributed by atoms with Gasteiger partial charge in [-0.3, -0.25) is 4.98 Å². The van der Waals surface area contributed by atoms with Crippen LogP contribution in [0.2, 0.25) is 0 Å². The standard InChI is InChI=1S/C31H27N5O3/c1-36-31(16-27(35-36)24-9-5-6-10-29(24)38-20-21-7-3-2-4-8-21)39-30-15-22(17-32)11-13-25(30)26-14-12-23(19-34-26)28(37)18-33/h2-16,19,28,37H,18,20,33H2,1H3. The highest BCUT2D eigenvalue weighted by Gasteiger charge is 2.17. The number of nitrogens with two attached hydrogens (primary N) is 1. The summed E-state index contributed by atoms with van der Waals surface area (Å²) >= 11 is 0. The van der Waals surface area contributed by atoms with Gasteiger partial charge in [0.1, 0.15) is 18.1 Å². The van der Waals surface area contributed by atoms with Gasteiger partial charge in [-0.1, -0.05) is 48.5 Å². The molecule has 0 aliphatic heterocycles. The number of ether oxygens (including phenoxy) is 2. The van der Waals surface area contributed by atoms with Crippen LogP contribution in [0.5, 0.6) is 17.4 Å². The number of hydrogen-bond donors (Lipinski definition) is 2. The van der Waals surface area contributed by atoms with Crippen LogP contribution in [0, 0.1) is 11.3 Å². The van der Waals surface area contributed by atoms with Crippen LogP contribution in [0.4, 0.5) is 0 Å². The van der Waals surface area contributed by atoms with Gasteiger partial charge in [-0.25, -0.2) is 4.68 Å². The fourth-order valence-corrected chi connectivity index (χ4v) is 4.12. The van der Waals surface area contributed by atoms with E-state index in [0.717, 1.165) is 11.1 Å². The van der Waals surface area contributed by atoms with Gasteiger partial charge in [0.15, 0.2) is 0 Å². The first kappa shape index (κ1) is 25.7. The number of rotatable bonds is 9. The Morgan fingerprint density at radius 3 is 2.44 bits per heavy atom. The molecule has 0 saturated heterocycles. The number of aliphatic hydroxyl groups excluding tert-OH is 1. The minimum atomic E-state index is -0.782. The molecule has 0 spiro atoms. The minimum Gasteiger partial charge on any atom is -0.488 e. The van der Waals surface area contributed by atoms with Gasteiger partial charge in [-0.2, -0.15) is 10.4 Å². The lowest BCUT2D eigenvalue weighted by molar-refractivity contribution is 0.186. The molecule has 1 atom stereocenters. The van der Waals surface area contributed by atoms with Crippen LogP contribution >= 0.6 is 0 Å². The van der Waals surface area contributed by atoms with Gasteiger partial charge >= 0.3 is 0 Å². The summed E-state index contributed by atoms with van der Waals surface area (Å²) in [6.45, 7) is 0.544. The first-order chi connectivity index (χ1) is 19.1. The Labute approximate surface area is 226 Å². The lowest BCUT2D eigenvalue weighted by Gasteiger charge is -2.12. The molecule has 2 aromatic heterocycles. The quantitative estimate of drug-likeness (QED) is 0.269. The van der Waals surface area contributed by atoms with E-state index in [-0.39, 0.29) is 6.54 Å². The van der Waals surface area contributed by atoms with Crippen LogP contribution in [-0.2, 0) is 13.7 Å². The number of hydrogen-bond acceptors (Lipinski definition) is 7. The number of para-hydroxylation sites is 1. The number of aryl methyl sites for hydroxylation is 1. The Morgan fingerprint density at radius 2 is 1.69 bits per heavy atom. The van der Waals surface area contributed by atoms with Crippen molar-refractivity contribution in [2.24, 2.45) is 12.8 Å². The molecule has 0 aliphatic carbocycles. The van der Waals surface area contributed by atoms with E-state index in [1.165, 1.54) is 0 Å². The largest absolute Gasteiger partial charge is 0.488 e. The summed E-state index contributed by atoms with van der Waals surface area (Å²) in [7, 11) is 1.79. The molecule has 0 aliphatic rings. The number of aromatic nitrogens is 3. The predicted octanol–water partition coefficient (Wildman–Crippen LogP) is 5.38. The molecule has 0 bridgehead atoms. The van der Waals surface area contributed by atoms with Crippen molar-refractivity contribution in [1.29, 1.82) is 5.26 Å². The monoisotopic (exact) mass is 517 g/mol. The summed E-state index contributed by atoms with van der Waals surface area (Å²) < 4.78 is 14.1. The summed E-state index contributed by atoms with van der Waals surface area (Å²) in [6, 6.07) is 30.4. The van der Waals surface area contributed by atoms with E-state index >= 15 is 0 Å². The minimum absolute atomic E-state index is 0.107. The summed E-state index contributed by atoms with van der Waals surface area (Å²) in [4.78, 5) is 4.49. The normalized spacial score (nSPS) is 11.5. The second-order valence-electron chi connectivity index (χ2n) is 8.91. The SMILES string of the molecule is Cn1nc(-c2ccccc2OCc2ccccc2)cc1Oc1cc(C#N)ccc1-c1ccc(C(O)CN)cn1. The highest BCUT2D eigenvalue weighted by atomic mass is 16.5. The molecule has 0 radical (unpaired) electrons. The van der Waals surface area contributed by atoms with Gasteiger partial charge in [0.25, 0.3) is 0 Å². The molecule has 194 valence electrons.